The zero-order valence-electron chi connectivity index (χ0n) is 13.5. The van der Waals surface area contributed by atoms with E-state index in [1.165, 1.54) is 0 Å². The van der Waals surface area contributed by atoms with Crippen molar-refractivity contribution >= 4 is 20.9 Å². The Morgan fingerprint density at radius 2 is 1.79 bits per heavy atom. The molecule has 1 aromatic heterocycles. The third kappa shape index (κ3) is 3.25. The Bertz CT molecular complexity index is 1070. The van der Waals surface area contributed by atoms with Crippen molar-refractivity contribution in [1.82, 2.24) is 9.71 Å². The molecule has 0 amide bonds. The predicted octanol–water partition coefficient (Wildman–Crippen LogP) is 2.62. The number of aromatic nitrogens is 1. The smallest absolute Gasteiger partial charge is 0.252 e. The molecule has 0 saturated carbocycles. The van der Waals surface area contributed by atoms with Crippen molar-refractivity contribution < 1.29 is 8.42 Å². The van der Waals surface area contributed by atoms with Gasteiger partial charge in [-0.2, -0.15) is 0 Å². The molecule has 0 radical (unpaired) electrons. The lowest BCUT2D eigenvalue weighted by atomic mass is 10.1. The highest BCUT2D eigenvalue weighted by Crippen LogP contribution is 2.15. The first-order valence-electron chi connectivity index (χ1n) is 7.55. The maximum atomic E-state index is 12.4. The second-order valence-electron chi connectivity index (χ2n) is 5.80. The van der Waals surface area contributed by atoms with Crippen LogP contribution in [-0.4, -0.2) is 13.4 Å². The summed E-state index contributed by atoms with van der Waals surface area (Å²) in [6.45, 7) is 3.62. The van der Waals surface area contributed by atoms with E-state index in [4.69, 9.17) is 0 Å². The standard InChI is InChI=1S/C18H18N2O3S/c1-12-7-8-14-10-15(18(21)20-16(14)9-12)11-19-24(22,23)17-6-4-3-5-13(17)2/h3-10,19H,11H2,1-2H3,(H,20,21). The number of pyridine rings is 1. The second-order valence-corrected chi connectivity index (χ2v) is 7.54. The van der Waals surface area contributed by atoms with E-state index in [1.54, 1.807) is 37.3 Å². The molecule has 0 unspecified atom stereocenters. The van der Waals surface area contributed by atoms with Gasteiger partial charge in [-0.05, 0) is 48.6 Å². The summed E-state index contributed by atoms with van der Waals surface area (Å²) in [6, 6.07) is 14.2. The van der Waals surface area contributed by atoms with Gasteiger partial charge in [-0.15, -0.1) is 0 Å². The molecule has 0 bridgehead atoms. The summed E-state index contributed by atoms with van der Waals surface area (Å²) in [4.78, 5) is 15.2. The maximum absolute atomic E-state index is 12.4. The topological polar surface area (TPSA) is 79.0 Å². The van der Waals surface area contributed by atoms with Crippen molar-refractivity contribution in [2.24, 2.45) is 0 Å². The molecule has 0 aliphatic carbocycles. The van der Waals surface area contributed by atoms with Crippen molar-refractivity contribution in [2.45, 2.75) is 25.3 Å². The third-order valence-electron chi connectivity index (χ3n) is 3.91. The van der Waals surface area contributed by atoms with Crippen molar-refractivity contribution in [3.8, 4) is 0 Å². The van der Waals surface area contributed by atoms with Crippen LogP contribution in [0.4, 0.5) is 0 Å². The number of aromatic amines is 1. The van der Waals surface area contributed by atoms with Gasteiger partial charge in [-0.1, -0.05) is 30.3 Å². The maximum Gasteiger partial charge on any atom is 0.252 e. The van der Waals surface area contributed by atoms with E-state index in [0.29, 0.717) is 11.1 Å². The van der Waals surface area contributed by atoms with Crippen molar-refractivity contribution in [3.63, 3.8) is 0 Å². The van der Waals surface area contributed by atoms with Crippen LogP contribution >= 0.6 is 0 Å². The fourth-order valence-corrected chi connectivity index (χ4v) is 3.85. The van der Waals surface area contributed by atoms with Gasteiger partial charge in [-0.3, -0.25) is 4.79 Å². The lowest BCUT2D eigenvalue weighted by Crippen LogP contribution is -2.27. The van der Waals surface area contributed by atoms with E-state index in [1.807, 2.05) is 25.1 Å². The number of H-pyrrole nitrogens is 1. The Hall–Kier alpha value is -2.44. The van der Waals surface area contributed by atoms with E-state index in [0.717, 1.165) is 16.5 Å². The molecule has 2 aromatic carbocycles. The zero-order valence-corrected chi connectivity index (χ0v) is 14.3. The predicted molar refractivity (Wildman–Crippen MR) is 94.5 cm³/mol. The van der Waals surface area contributed by atoms with E-state index in [9.17, 15) is 13.2 Å². The van der Waals surface area contributed by atoms with Gasteiger partial charge in [0.15, 0.2) is 0 Å². The molecule has 0 aliphatic heterocycles. The van der Waals surface area contributed by atoms with E-state index in [-0.39, 0.29) is 17.0 Å². The normalized spacial score (nSPS) is 11.8. The van der Waals surface area contributed by atoms with Gasteiger partial charge in [0.25, 0.3) is 5.56 Å². The molecule has 1 heterocycles. The summed E-state index contributed by atoms with van der Waals surface area (Å²) < 4.78 is 27.3. The number of benzene rings is 2. The monoisotopic (exact) mass is 342 g/mol. The van der Waals surface area contributed by atoms with Crippen LogP contribution in [-0.2, 0) is 16.6 Å². The highest BCUT2D eigenvalue weighted by Gasteiger charge is 2.16. The Labute approximate surface area is 140 Å². The molecule has 3 rings (SSSR count). The molecular formula is C18H18N2O3S. The minimum absolute atomic E-state index is 0.0597. The molecule has 0 atom stereocenters. The van der Waals surface area contributed by atoms with Crippen LogP contribution in [0.5, 0.6) is 0 Å². The molecule has 24 heavy (non-hydrogen) atoms. The highest BCUT2D eigenvalue weighted by molar-refractivity contribution is 7.89. The van der Waals surface area contributed by atoms with Gasteiger partial charge in [-0.25, -0.2) is 13.1 Å². The summed E-state index contributed by atoms with van der Waals surface area (Å²) in [5.74, 6) is 0. The van der Waals surface area contributed by atoms with E-state index >= 15 is 0 Å². The minimum Gasteiger partial charge on any atom is -0.322 e. The molecule has 0 saturated heterocycles. The van der Waals surface area contributed by atoms with Crippen molar-refractivity contribution in [3.05, 3.63) is 75.6 Å². The largest absolute Gasteiger partial charge is 0.322 e. The number of sulfonamides is 1. The van der Waals surface area contributed by atoms with Crippen LogP contribution in [0.2, 0.25) is 0 Å². The quantitative estimate of drug-likeness (QED) is 0.765. The lowest BCUT2D eigenvalue weighted by Gasteiger charge is -2.09. The van der Waals surface area contributed by atoms with Gasteiger partial charge in [0.2, 0.25) is 10.0 Å². The van der Waals surface area contributed by atoms with E-state index in [2.05, 4.69) is 9.71 Å². The first kappa shape index (κ1) is 16.4. The summed E-state index contributed by atoms with van der Waals surface area (Å²) in [5.41, 5.74) is 2.54. The first-order chi connectivity index (χ1) is 11.4. The Kier molecular flexibility index (Phi) is 4.26. The second kappa shape index (κ2) is 6.22. The summed E-state index contributed by atoms with van der Waals surface area (Å²) in [7, 11) is -3.67. The van der Waals surface area contributed by atoms with Crippen LogP contribution in [0.15, 0.2) is 58.2 Å². The van der Waals surface area contributed by atoms with Gasteiger partial charge in [0.05, 0.1) is 4.90 Å². The van der Waals surface area contributed by atoms with Crippen molar-refractivity contribution in [2.75, 3.05) is 0 Å². The zero-order chi connectivity index (χ0) is 17.3. The van der Waals surface area contributed by atoms with Crippen LogP contribution in [0.1, 0.15) is 16.7 Å². The van der Waals surface area contributed by atoms with Gasteiger partial charge in [0.1, 0.15) is 0 Å². The molecule has 5 nitrogen and oxygen atoms in total. The molecule has 124 valence electrons. The van der Waals surface area contributed by atoms with Crippen molar-refractivity contribution in [1.29, 1.82) is 0 Å². The van der Waals surface area contributed by atoms with E-state index < -0.39 is 10.0 Å². The van der Waals surface area contributed by atoms with Crippen LogP contribution in [0, 0.1) is 13.8 Å². The number of nitrogens with one attached hydrogen (secondary N) is 2. The van der Waals surface area contributed by atoms with Crippen LogP contribution in [0.3, 0.4) is 0 Å². The number of rotatable bonds is 4. The molecule has 0 aliphatic rings. The first-order valence-corrected chi connectivity index (χ1v) is 9.03. The molecule has 0 fully saturated rings. The fourth-order valence-electron chi connectivity index (χ4n) is 2.60. The SMILES string of the molecule is Cc1ccc2cc(CNS(=O)(=O)c3ccccc3C)c(=O)[nH]c2c1. The molecular weight excluding hydrogens is 324 g/mol. The number of aryl methyl sites for hydroxylation is 2. The van der Waals surface area contributed by atoms with Gasteiger partial charge < -0.3 is 4.98 Å². The van der Waals surface area contributed by atoms with Gasteiger partial charge in [0, 0.05) is 17.6 Å². The number of fused-ring (bicyclic) bond motifs is 1. The summed E-state index contributed by atoms with van der Waals surface area (Å²) in [5, 5.41) is 0.866. The Morgan fingerprint density at radius 3 is 2.54 bits per heavy atom. The average molecular weight is 342 g/mol. The van der Waals surface area contributed by atoms with Gasteiger partial charge >= 0.3 is 0 Å². The fraction of sp³-hybridized carbons (Fsp3) is 0.167. The highest BCUT2D eigenvalue weighted by atomic mass is 32.2. The lowest BCUT2D eigenvalue weighted by molar-refractivity contribution is 0.580. The van der Waals surface area contributed by atoms with Crippen LogP contribution < -0.4 is 10.3 Å². The Balaban J connectivity index is 1.91. The number of hydrogen-bond acceptors (Lipinski definition) is 3. The third-order valence-corrected chi connectivity index (χ3v) is 5.48. The summed E-state index contributed by atoms with van der Waals surface area (Å²) in [6.07, 6.45) is 0. The molecule has 2 N–H and O–H groups in total. The number of hydrogen-bond donors (Lipinski definition) is 2. The molecule has 3 aromatic rings. The minimum atomic E-state index is -3.67. The van der Waals surface area contributed by atoms with Crippen LogP contribution in [0.25, 0.3) is 10.9 Å². The Morgan fingerprint density at radius 1 is 1.04 bits per heavy atom. The molecule has 0 spiro atoms. The summed E-state index contributed by atoms with van der Waals surface area (Å²) >= 11 is 0. The average Bonchev–Trinajstić information content (AvgIpc) is 2.53. The molecule has 6 heteroatoms.